The number of H-pyrrole nitrogens is 1. The monoisotopic (exact) mass is 329 g/mol. The SMILES string of the molecule is NC(=O)c1noc(C2CC2)c1CCc1c[nH]c2ccc(Cl)cc12. The number of aromatic nitrogens is 2. The molecule has 4 rings (SSSR count). The molecule has 0 unspecified atom stereocenters. The minimum absolute atomic E-state index is 0.268. The van der Waals surface area contributed by atoms with Crippen molar-refractivity contribution in [2.75, 3.05) is 0 Å². The summed E-state index contributed by atoms with van der Waals surface area (Å²) in [4.78, 5) is 14.8. The van der Waals surface area contributed by atoms with E-state index in [2.05, 4.69) is 10.1 Å². The van der Waals surface area contributed by atoms with Crippen molar-refractivity contribution in [3.63, 3.8) is 0 Å². The van der Waals surface area contributed by atoms with Crippen molar-refractivity contribution in [2.45, 2.75) is 31.6 Å². The van der Waals surface area contributed by atoms with Crippen LogP contribution in [0.2, 0.25) is 5.02 Å². The van der Waals surface area contributed by atoms with Gasteiger partial charge in [0.05, 0.1) is 0 Å². The molecule has 1 aliphatic rings. The molecule has 1 fully saturated rings. The quantitative estimate of drug-likeness (QED) is 0.750. The van der Waals surface area contributed by atoms with E-state index < -0.39 is 5.91 Å². The number of hydrogen-bond donors (Lipinski definition) is 2. The first kappa shape index (κ1) is 14.3. The minimum atomic E-state index is -0.530. The lowest BCUT2D eigenvalue weighted by atomic mass is 10.0. The zero-order valence-corrected chi connectivity index (χ0v) is 13.2. The summed E-state index contributed by atoms with van der Waals surface area (Å²) in [5.74, 6) is 0.692. The number of rotatable bonds is 5. The first-order valence-electron chi connectivity index (χ1n) is 7.67. The maximum absolute atomic E-state index is 11.6. The number of hydrogen-bond acceptors (Lipinski definition) is 3. The average Bonchev–Trinajstić information content (AvgIpc) is 3.15. The molecule has 0 aliphatic heterocycles. The van der Waals surface area contributed by atoms with Crippen molar-refractivity contribution in [3.05, 3.63) is 52.0 Å². The van der Waals surface area contributed by atoms with Crippen LogP contribution in [0.25, 0.3) is 10.9 Å². The molecule has 118 valence electrons. The van der Waals surface area contributed by atoms with Gasteiger partial charge in [0.2, 0.25) is 0 Å². The molecule has 6 heteroatoms. The molecule has 3 aromatic rings. The molecule has 2 heterocycles. The number of nitrogens with two attached hydrogens (primary N) is 1. The highest BCUT2D eigenvalue weighted by molar-refractivity contribution is 6.31. The van der Waals surface area contributed by atoms with Crippen molar-refractivity contribution in [2.24, 2.45) is 5.73 Å². The Labute approximate surface area is 137 Å². The van der Waals surface area contributed by atoms with E-state index in [9.17, 15) is 4.79 Å². The summed E-state index contributed by atoms with van der Waals surface area (Å²) in [5, 5.41) is 5.68. The van der Waals surface area contributed by atoms with Gasteiger partial charge in [0.25, 0.3) is 5.91 Å². The van der Waals surface area contributed by atoms with E-state index in [1.165, 1.54) is 0 Å². The highest BCUT2D eigenvalue weighted by Gasteiger charge is 2.33. The molecular weight excluding hydrogens is 314 g/mol. The Morgan fingerprint density at radius 3 is 2.96 bits per heavy atom. The lowest BCUT2D eigenvalue weighted by molar-refractivity contribution is 0.0991. The number of halogens is 1. The van der Waals surface area contributed by atoms with Crippen molar-refractivity contribution < 1.29 is 9.32 Å². The number of benzene rings is 1. The van der Waals surface area contributed by atoms with Crippen LogP contribution >= 0.6 is 11.6 Å². The number of amides is 1. The Balaban J connectivity index is 1.64. The molecule has 2 aromatic heterocycles. The lowest BCUT2D eigenvalue weighted by Gasteiger charge is -2.02. The molecule has 23 heavy (non-hydrogen) atoms. The molecule has 1 aromatic carbocycles. The third-order valence-electron chi connectivity index (χ3n) is 4.37. The highest BCUT2D eigenvalue weighted by Crippen LogP contribution is 2.42. The smallest absolute Gasteiger partial charge is 0.271 e. The maximum Gasteiger partial charge on any atom is 0.271 e. The summed E-state index contributed by atoms with van der Waals surface area (Å²) < 4.78 is 5.38. The van der Waals surface area contributed by atoms with Crippen LogP contribution in [0, 0.1) is 0 Å². The van der Waals surface area contributed by atoms with Gasteiger partial charge in [-0.15, -0.1) is 0 Å². The van der Waals surface area contributed by atoms with E-state index in [0.29, 0.717) is 17.4 Å². The molecule has 0 saturated heterocycles. The average molecular weight is 330 g/mol. The summed E-state index contributed by atoms with van der Waals surface area (Å²) in [6, 6.07) is 5.78. The van der Waals surface area contributed by atoms with Gasteiger partial charge in [0.1, 0.15) is 5.76 Å². The molecule has 5 nitrogen and oxygen atoms in total. The van der Waals surface area contributed by atoms with Crippen LogP contribution in [-0.4, -0.2) is 16.0 Å². The van der Waals surface area contributed by atoms with Gasteiger partial charge in [-0.05, 0) is 49.4 Å². The van der Waals surface area contributed by atoms with Gasteiger partial charge in [-0.2, -0.15) is 0 Å². The van der Waals surface area contributed by atoms with Gasteiger partial charge in [0.15, 0.2) is 5.69 Å². The molecule has 0 bridgehead atoms. The number of carbonyl (C=O) groups excluding carboxylic acids is 1. The highest BCUT2D eigenvalue weighted by atomic mass is 35.5. The predicted octanol–water partition coefficient (Wildman–Crippen LogP) is 3.57. The second-order valence-electron chi connectivity index (χ2n) is 6.02. The maximum atomic E-state index is 11.6. The van der Waals surface area contributed by atoms with E-state index >= 15 is 0 Å². The van der Waals surface area contributed by atoms with Crippen LogP contribution < -0.4 is 5.73 Å². The van der Waals surface area contributed by atoms with Gasteiger partial charge in [0, 0.05) is 33.6 Å². The molecule has 1 saturated carbocycles. The second-order valence-corrected chi connectivity index (χ2v) is 6.45. The summed E-state index contributed by atoms with van der Waals surface area (Å²) in [5.41, 5.74) is 8.75. The lowest BCUT2D eigenvalue weighted by Crippen LogP contribution is -2.14. The van der Waals surface area contributed by atoms with E-state index in [1.807, 2.05) is 24.4 Å². The Morgan fingerprint density at radius 1 is 1.39 bits per heavy atom. The normalized spacial score (nSPS) is 14.5. The molecular formula is C17H16ClN3O2. The fourth-order valence-electron chi connectivity index (χ4n) is 3.04. The van der Waals surface area contributed by atoms with Crippen molar-refractivity contribution >= 4 is 28.4 Å². The molecule has 0 atom stereocenters. The number of fused-ring (bicyclic) bond motifs is 1. The number of nitrogens with zero attached hydrogens (tertiary/aromatic N) is 1. The number of nitrogens with one attached hydrogen (secondary N) is 1. The predicted molar refractivity (Wildman–Crippen MR) is 87.7 cm³/mol. The third kappa shape index (κ3) is 2.61. The van der Waals surface area contributed by atoms with Gasteiger partial charge in [-0.25, -0.2) is 0 Å². The molecule has 0 spiro atoms. The second kappa shape index (κ2) is 5.42. The largest absolute Gasteiger partial charge is 0.364 e. The topological polar surface area (TPSA) is 84.9 Å². The van der Waals surface area contributed by atoms with Crippen LogP contribution in [0.1, 0.15) is 46.1 Å². The molecule has 3 N–H and O–H groups in total. The van der Waals surface area contributed by atoms with Crippen molar-refractivity contribution in [1.29, 1.82) is 0 Å². The zero-order chi connectivity index (χ0) is 16.0. The Morgan fingerprint density at radius 2 is 2.22 bits per heavy atom. The van der Waals surface area contributed by atoms with Gasteiger partial charge in [-0.1, -0.05) is 16.8 Å². The summed E-state index contributed by atoms with van der Waals surface area (Å²) in [6.07, 6.45) is 5.59. The summed E-state index contributed by atoms with van der Waals surface area (Å²) in [6.45, 7) is 0. The third-order valence-corrected chi connectivity index (χ3v) is 4.61. The van der Waals surface area contributed by atoms with E-state index in [-0.39, 0.29) is 5.69 Å². The fraction of sp³-hybridized carbons (Fsp3) is 0.294. The number of aromatic amines is 1. The number of aryl methyl sites for hydroxylation is 1. The van der Waals surface area contributed by atoms with Crippen LogP contribution in [0.3, 0.4) is 0 Å². The first-order valence-corrected chi connectivity index (χ1v) is 8.05. The van der Waals surface area contributed by atoms with Gasteiger partial charge < -0.3 is 15.2 Å². The van der Waals surface area contributed by atoms with Crippen molar-refractivity contribution in [3.8, 4) is 0 Å². The Hall–Kier alpha value is -2.27. The van der Waals surface area contributed by atoms with Crippen molar-refractivity contribution in [1.82, 2.24) is 10.1 Å². The standard InChI is InChI=1S/C17H16ClN3O2/c18-11-4-6-14-13(7-11)10(8-20-14)3-5-12-15(17(19)22)21-23-16(12)9-1-2-9/h4,6-9,20H,1-3,5H2,(H2,19,22). The van der Waals surface area contributed by atoms with Gasteiger partial charge >= 0.3 is 0 Å². The molecule has 1 amide bonds. The van der Waals surface area contributed by atoms with E-state index in [0.717, 1.165) is 47.1 Å². The molecule has 0 radical (unpaired) electrons. The summed E-state index contributed by atoms with van der Waals surface area (Å²) >= 11 is 6.09. The molecule has 1 aliphatic carbocycles. The van der Waals surface area contributed by atoms with Gasteiger partial charge in [-0.3, -0.25) is 4.79 Å². The van der Waals surface area contributed by atoms with Crippen LogP contribution in [0.5, 0.6) is 0 Å². The first-order chi connectivity index (χ1) is 11.1. The Kier molecular flexibility index (Phi) is 3.38. The van der Waals surface area contributed by atoms with Crippen LogP contribution in [0.4, 0.5) is 0 Å². The summed E-state index contributed by atoms with van der Waals surface area (Å²) in [7, 11) is 0. The minimum Gasteiger partial charge on any atom is -0.364 e. The zero-order valence-electron chi connectivity index (χ0n) is 12.4. The number of primary amides is 1. The number of carbonyl (C=O) groups is 1. The van der Waals surface area contributed by atoms with E-state index in [4.69, 9.17) is 21.9 Å². The Bertz CT molecular complexity index is 893. The van der Waals surface area contributed by atoms with Crippen LogP contribution in [0.15, 0.2) is 28.9 Å². The van der Waals surface area contributed by atoms with Crippen LogP contribution in [-0.2, 0) is 12.8 Å². The fourth-order valence-corrected chi connectivity index (χ4v) is 3.21. The van der Waals surface area contributed by atoms with E-state index in [1.54, 1.807) is 0 Å².